The molecule has 0 aliphatic carbocycles. The molecule has 1 aromatic heterocycles. The first-order chi connectivity index (χ1) is 12.2. The molecule has 25 heavy (non-hydrogen) atoms. The van der Waals surface area contributed by atoms with Crippen LogP contribution >= 0.6 is 11.3 Å². The molecule has 2 aromatic carbocycles. The maximum atomic E-state index is 14.3. The van der Waals surface area contributed by atoms with E-state index in [-0.39, 0.29) is 24.1 Å². The molecule has 1 N–H and O–H groups in total. The Hall–Kier alpha value is -2.53. The van der Waals surface area contributed by atoms with Crippen LogP contribution < -0.4 is 5.32 Å². The number of benzene rings is 2. The molecule has 1 heterocycles. The molecule has 1 amide bonds. The van der Waals surface area contributed by atoms with Crippen molar-refractivity contribution in [2.45, 2.75) is 18.8 Å². The summed E-state index contributed by atoms with van der Waals surface area (Å²) >= 11 is 1.54. The fourth-order valence-electron chi connectivity index (χ4n) is 2.80. The molecular weight excluding hydrogens is 335 g/mol. The monoisotopic (exact) mass is 354 g/mol. The van der Waals surface area contributed by atoms with Crippen molar-refractivity contribution in [3.8, 4) is 0 Å². The number of halogens is 1. The van der Waals surface area contributed by atoms with E-state index < -0.39 is 0 Å². The molecule has 0 radical (unpaired) electrons. The van der Waals surface area contributed by atoms with Gasteiger partial charge in [-0.3, -0.25) is 4.79 Å². The molecule has 0 aliphatic rings. The van der Waals surface area contributed by atoms with Gasteiger partial charge >= 0.3 is 0 Å². The zero-order valence-corrected chi connectivity index (χ0v) is 14.5. The van der Waals surface area contributed by atoms with Crippen LogP contribution in [-0.4, -0.2) is 17.4 Å². The van der Waals surface area contributed by atoms with Crippen molar-refractivity contribution in [3.63, 3.8) is 0 Å². The SMILES string of the molecule is O=C(C[C@H](c1ccccc1)c1ccccc1F)NCCc1cscn1. The van der Waals surface area contributed by atoms with Gasteiger partial charge < -0.3 is 5.32 Å². The first kappa shape index (κ1) is 17.3. The van der Waals surface area contributed by atoms with Crippen molar-refractivity contribution in [2.24, 2.45) is 0 Å². The highest BCUT2D eigenvalue weighted by molar-refractivity contribution is 7.07. The molecule has 0 unspecified atom stereocenters. The van der Waals surface area contributed by atoms with E-state index in [1.54, 1.807) is 23.7 Å². The minimum atomic E-state index is -0.304. The molecule has 3 aromatic rings. The molecule has 0 saturated heterocycles. The maximum Gasteiger partial charge on any atom is 0.220 e. The second kappa shape index (κ2) is 8.53. The van der Waals surface area contributed by atoms with E-state index >= 15 is 0 Å². The van der Waals surface area contributed by atoms with Crippen LogP contribution in [0.15, 0.2) is 65.5 Å². The van der Waals surface area contributed by atoms with Crippen LogP contribution in [0, 0.1) is 5.82 Å². The minimum absolute atomic E-state index is 0.0904. The number of carbonyl (C=O) groups excluding carboxylic acids is 1. The van der Waals surface area contributed by atoms with Crippen LogP contribution in [-0.2, 0) is 11.2 Å². The molecule has 1 atom stereocenters. The third-order valence-electron chi connectivity index (χ3n) is 4.06. The highest BCUT2D eigenvalue weighted by Crippen LogP contribution is 2.29. The van der Waals surface area contributed by atoms with Crippen LogP contribution in [0.3, 0.4) is 0 Å². The van der Waals surface area contributed by atoms with E-state index in [1.807, 2.05) is 35.7 Å². The molecule has 0 bridgehead atoms. The van der Waals surface area contributed by atoms with Gasteiger partial charge in [0.2, 0.25) is 5.91 Å². The lowest BCUT2D eigenvalue weighted by atomic mass is 9.88. The molecule has 0 spiro atoms. The van der Waals surface area contributed by atoms with Crippen molar-refractivity contribution in [1.29, 1.82) is 0 Å². The Morgan fingerprint density at radius 3 is 2.60 bits per heavy atom. The number of carbonyl (C=O) groups is 1. The molecule has 128 valence electrons. The van der Waals surface area contributed by atoms with Gasteiger partial charge in [-0.15, -0.1) is 11.3 Å². The van der Waals surface area contributed by atoms with E-state index in [1.165, 1.54) is 17.4 Å². The van der Waals surface area contributed by atoms with Crippen molar-refractivity contribution >= 4 is 17.2 Å². The van der Waals surface area contributed by atoms with Crippen LogP contribution in [0.2, 0.25) is 0 Å². The minimum Gasteiger partial charge on any atom is -0.356 e. The largest absolute Gasteiger partial charge is 0.356 e. The summed E-state index contributed by atoms with van der Waals surface area (Å²) in [4.78, 5) is 16.6. The quantitative estimate of drug-likeness (QED) is 0.692. The first-order valence-electron chi connectivity index (χ1n) is 8.17. The molecule has 0 saturated carbocycles. The summed E-state index contributed by atoms with van der Waals surface area (Å²) in [6.07, 6.45) is 0.910. The van der Waals surface area contributed by atoms with Gasteiger partial charge in [-0.05, 0) is 17.2 Å². The third kappa shape index (κ3) is 4.73. The average molecular weight is 354 g/mol. The van der Waals surface area contributed by atoms with Crippen molar-refractivity contribution in [1.82, 2.24) is 10.3 Å². The number of hydrogen-bond donors (Lipinski definition) is 1. The van der Waals surface area contributed by atoms with E-state index in [9.17, 15) is 9.18 Å². The van der Waals surface area contributed by atoms with E-state index in [4.69, 9.17) is 0 Å². The summed E-state index contributed by atoms with van der Waals surface area (Å²) in [5.74, 6) is -0.680. The van der Waals surface area contributed by atoms with Gasteiger partial charge in [-0.2, -0.15) is 0 Å². The van der Waals surface area contributed by atoms with Crippen molar-refractivity contribution < 1.29 is 9.18 Å². The molecule has 0 fully saturated rings. The van der Waals surface area contributed by atoms with Gasteiger partial charge in [0.05, 0.1) is 11.2 Å². The number of nitrogens with zero attached hydrogens (tertiary/aromatic N) is 1. The lowest BCUT2D eigenvalue weighted by Gasteiger charge is -2.18. The molecule has 3 rings (SSSR count). The van der Waals surface area contributed by atoms with Gasteiger partial charge in [-0.25, -0.2) is 9.37 Å². The zero-order valence-electron chi connectivity index (χ0n) is 13.7. The number of nitrogens with one attached hydrogen (secondary N) is 1. The number of thiazole rings is 1. The fraction of sp³-hybridized carbons (Fsp3) is 0.200. The standard InChI is InChI=1S/C20H19FN2OS/c21-19-9-5-4-8-17(19)18(15-6-2-1-3-7-15)12-20(24)22-11-10-16-13-25-14-23-16/h1-9,13-14,18H,10-12H2,(H,22,24)/t18-/m1/s1. The van der Waals surface area contributed by atoms with E-state index in [2.05, 4.69) is 10.3 Å². The second-order valence-electron chi connectivity index (χ2n) is 5.77. The molecule has 0 aliphatic heterocycles. The highest BCUT2D eigenvalue weighted by atomic mass is 32.1. The van der Waals surface area contributed by atoms with Crippen LogP contribution in [0.5, 0.6) is 0 Å². The molecule has 3 nitrogen and oxygen atoms in total. The van der Waals surface area contributed by atoms with Crippen molar-refractivity contribution in [3.05, 3.63) is 88.1 Å². The topological polar surface area (TPSA) is 42.0 Å². The number of hydrogen-bond acceptors (Lipinski definition) is 3. The smallest absolute Gasteiger partial charge is 0.220 e. The van der Waals surface area contributed by atoms with Gasteiger partial charge in [0.25, 0.3) is 0 Å². The van der Waals surface area contributed by atoms with E-state index in [0.717, 1.165) is 11.3 Å². The highest BCUT2D eigenvalue weighted by Gasteiger charge is 2.20. The molecule has 5 heteroatoms. The molecular formula is C20H19FN2OS. The number of amides is 1. The Labute approximate surface area is 150 Å². The summed E-state index contributed by atoms with van der Waals surface area (Å²) in [5, 5.41) is 4.88. The summed E-state index contributed by atoms with van der Waals surface area (Å²) < 4.78 is 14.3. The number of rotatable bonds is 7. The predicted octanol–water partition coefficient (Wildman–Crippen LogP) is 4.16. The summed E-state index contributed by atoms with van der Waals surface area (Å²) in [5.41, 5.74) is 4.23. The predicted molar refractivity (Wildman–Crippen MR) is 98.1 cm³/mol. The lowest BCUT2D eigenvalue weighted by Crippen LogP contribution is -2.27. The summed E-state index contributed by atoms with van der Waals surface area (Å²) in [7, 11) is 0. The lowest BCUT2D eigenvalue weighted by molar-refractivity contribution is -0.121. The Morgan fingerprint density at radius 1 is 1.12 bits per heavy atom. The van der Waals surface area contributed by atoms with Crippen LogP contribution in [0.1, 0.15) is 29.2 Å². The Bertz CT molecular complexity index is 806. The van der Waals surface area contributed by atoms with Gasteiger partial charge in [0.1, 0.15) is 5.82 Å². The second-order valence-corrected chi connectivity index (χ2v) is 6.49. The summed E-state index contributed by atoms with van der Waals surface area (Å²) in [6, 6.07) is 16.2. The average Bonchev–Trinajstić information content (AvgIpc) is 3.15. The Kier molecular flexibility index (Phi) is 5.90. The fourth-order valence-corrected chi connectivity index (χ4v) is 3.39. The third-order valence-corrected chi connectivity index (χ3v) is 4.69. The van der Waals surface area contributed by atoms with Crippen LogP contribution in [0.4, 0.5) is 4.39 Å². The Morgan fingerprint density at radius 2 is 1.88 bits per heavy atom. The normalized spacial score (nSPS) is 11.9. The van der Waals surface area contributed by atoms with E-state index in [0.29, 0.717) is 18.5 Å². The summed E-state index contributed by atoms with van der Waals surface area (Å²) in [6.45, 7) is 0.529. The maximum absolute atomic E-state index is 14.3. The van der Waals surface area contributed by atoms with Gasteiger partial charge in [0, 0.05) is 30.7 Å². The first-order valence-corrected chi connectivity index (χ1v) is 9.11. The van der Waals surface area contributed by atoms with Crippen molar-refractivity contribution in [2.75, 3.05) is 6.54 Å². The van der Waals surface area contributed by atoms with Gasteiger partial charge in [0.15, 0.2) is 0 Å². The van der Waals surface area contributed by atoms with Gasteiger partial charge in [-0.1, -0.05) is 48.5 Å². The Balaban J connectivity index is 1.69. The van der Waals surface area contributed by atoms with Crippen LogP contribution in [0.25, 0.3) is 0 Å². The zero-order chi connectivity index (χ0) is 17.5. The number of aromatic nitrogens is 1.